The molecule has 0 radical (unpaired) electrons. The quantitative estimate of drug-likeness (QED) is 0.758. The van der Waals surface area contributed by atoms with Gasteiger partial charge < -0.3 is 10.2 Å². The summed E-state index contributed by atoms with van der Waals surface area (Å²) in [7, 11) is -3.71. The third kappa shape index (κ3) is 5.57. The number of benzene rings is 2. The average Bonchev–Trinajstić information content (AvgIpc) is 2.72. The molecule has 2 amide bonds. The average molecular weight is 416 g/mol. The summed E-state index contributed by atoms with van der Waals surface area (Å²) in [5.74, 6) is 0.225. The number of nitrogens with zero attached hydrogens (tertiary/aromatic N) is 1. The Kier molecular flexibility index (Phi) is 6.53. The van der Waals surface area contributed by atoms with E-state index in [2.05, 4.69) is 10.0 Å². The summed E-state index contributed by atoms with van der Waals surface area (Å²) in [6.45, 7) is 3.38. The van der Waals surface area contributed by atoms with E-state index >= 15 is 0 Å². The van der Waals surface area contributed by atoms with Crippen molar-refractivity contribution in [2.45, 2.75) is 24.7 Å². The number of anilines is 1. The molecule has 1 heterocycles. The Bertz CT molecular complexity index is 951. The van der Waals surface area contributed by atoms with Gasteiger partial charge in [0.2, 0.25) is 5.91 Å². The second-order valence-electron chi connectivity index (χ2n) is 7.17. The van der Waals surface area contributed by atoms with Gasteiger partial charge in [-0.1, -0.05) is 18.2 Å². The highest BCUT2D eigenvalue weighted by Crippen LogP contribution is 2.20. The number of carbonyl (C=O) groups is 2. The summed E-state index contributed by atoms with van der Waals surface area (Å²) in [5, 5.41) is 2.82. The summed E-state index contributed by atoms with van der Waals surface area (Å²) in [6.07, 6.45) is 1.67. The number of rotatable bonds is 6. The molecule has 2 aromatic carbocycles. The van der Waals surface area contributed by atoms with Crippen LogP contribution in [0.2, 0.25) is 0 Å². The predicted molar refractivity (Wildman–Crippen MR) is 111 cm³/mol. The molecule has 0 unspecified atom stereocenters. The van der Waals surface area contributed by atoms with Crippen LogP contribution in [0, 0.1) is 5.92 Å². The van der Waals surface area contributed by atoms with Crippen molar-refractivity contribution >= 4 is 27.5 Å². The molecule has 7 nitrogen and oxygen atoms in total. The van der Waals surface area contributed by atoms with Gasteiger partial charge in [-0.15, -0.1) is 0 Å². The molecule has 2 N–H and O–H groups in total. The highest BCUT2D eigenvalue weighted by atomic mass is 32.2. The lowest BCUT2D eigenvalue weighted by Crippen LogP contribution is -2.41. The minimum Gasteiger partial charge on any atom is -0.356 e. The topological polar surface area (TPSA) is 95.6 Å². The van der Waals surface area contributed by atoms with Crippen LogP contribution in [0.3, 0.4) is 0 Å². The fraction of sp³-hybridized carbons (Fsp3) is 0.333. The summed E-state index contributed by atoms with van der Waals surface area (Å²) in [5.41, 5.74) is 0.943. The molecule has 0 saturated carbocycles. The first-order valence-corrected chi connectivity index (χ1v) is 11.0. The summed E-state index contributed by atoms with van der Waals surface area (Å²) in [4.78, 5) is 25.6. The van der Waals surface area contributed by atoms with Crippen molar-refractivity contribution in [1.82, 2.24) is 10.2 Å². The highest BCUT2D eigenvalue weighted by Gasteiger charge is 2.24. The molecule has 29 heavy (non-hydrogen) atoms. The Morgan fingerprint density at radius 3 is 2.21 bits per heavy atom. The molecule has 0 spiro atoms. The van der Waals surface area contributed by atoms with Crippen LogP contribution >= 0.6 is 0 Å². The Hall–Kier alpha value is -2.87. The third-order valence-corrected chi connectivity index (χ3v) is 6.38. The normalized spacial score (nSPS) is 15.0. The number of sulfonamides is 1. The Balaban J connectivity index is 1.60. The smallest absolute Gasteiger partial charge is 0.261 e. The first-order chi connectivity index (χ1) is 13.8. The number of piperidine rings is 1. The number of amides is 2. The van der Waals surface area contributed by atoms with Gasteiger partial charge in [0.25, 0.3) is 15.9 Å². The molecule has 8 heteroatoms. The van der Waals surface area contributed by atoms with Crippen LogP contribution in [0.25, 0.3) is 0 Å². The van der Waals surface area contributed by atoms with Crippen LogP contribution in [0.5, 0.6) is 0 Å². The van der Waals surface area contributed by atoms with E-state index in [-0.39, 0.29) is 16.7 Å². The first kappa shape index (κ1) is 20.9. The van der Waals surface area contributed by atoms with Crippen molar-refractivity contribution in [1.29, 1.82) is 0 Å². The molecule has 0 aromatic heterocycles. The Morgan fingerprint density at radius 1 is 1.00 bits per heavy atom. The summed E-state index contributed by atoms with van der Waals surface area (Å²) in [6, 6.07) is 14.6. The standard InChI is InChI=1S/C21H25N3O4S/c1-16(25)22-15-17-11-13-24(14-12-17)21(26)18-7-9-20(10-8-18)29(27,28)23-19-5-3-2-4-6-19/h2-10,17,23H,11-15H2,1H3,(H,22,25). The van der Waals surface area contributed by atoms with Crippen molar-refractivity contribution in [3.63, 3.8) is 0 Å². The number of carbonyl (C=O) groups excluding carboxylic acids is 2. The van der Waals surface area contributed by atoms with Gasteiger partial charge in [-0.2, -0.15) is 0 Å². The maximum atomic E-state index is 12.7. The van der Waals surface area contributed by atoms with Gasteiger partial charge >= 0.3 is 0 Å². The van der Waals surface area contributed by atoms with Crippen LogP contribution in [-0.4, -0.2) is 44.8 Å². The Labute approximate surface area is 171 Å². The van der Waals surface area contributed by atoms with E-state index in [9.17, 15) is 18.0 Å². The van der Waals surface area contributed by atoms with E-state index in [1.54, 1.807) is 47.4 Å². The second-order valence-corrected chi connectivity index (χ2v) is 8.85. The molecule has 1 aliphatic rings. The molecular weight excluding hydrogens is 390 g/mol. The largest absolute Gasteiger partial charge is 0.356 e. The van der Waals surface area contributed by atoms with E-state index in [4.69, 9.17) is 0 Å². The number of nitrogens with one attached hydrogen (secondary N) is 2. The molecule has 2 aromatic rings. The predicted octanol–water partition coefficient (Wildman–Crippen LogP) is 2.48. The minimum atomic E-state index is -3.71. The zero-order valence-electron chi connectivity index (χ0n) is 16.3. The van der Waals surface area contributed by atoms with Crippen LogP contribution in [0.1, 0.15) is 30.1 Å². The van der Waals surface area contributed by atoms with Crippen LogP contribution in [0.15, 0.2) is 59.5 Å². The molecular formula is C21H25N3O4S. The van der Waals surface area contributed by atoms with Crippen molar-refractivity contribution in [2.75, 3.05) is 24.4 Å². The maximum Gasteiger partial charge on any atom is 0.261 e. The van der Waals surface area contributed by atoms with Crippen LogP contribution < -0.4 is 10.0 Å². The van der Waals surface area contributed by atoms with Crippen molar-refractivity contribution in [3.05, 3.63) is 60.2 Å². The third-order valence-electron chi connectivity index (χ3n) is 4.98. The van der Waals surface area contributed by atoms with Gasteiger partial charge in [0.15, 0.2) is 0 Å². The van der Waals surface area contributed by atoms with Gasteiger partial charge in [-0.3, -0.25) is 14.3 Å². The summed E-state index contributed by atoms with van der Waals surface area (Å²) < 4.78 is 27.5. The SMILES string of the molecule is CC(=O)NCC1CCN(C(=O)c2ccc(S(=O)(=O)Nc3ccccc3)cc2)CC1. The second kappa shape index (κ2) is 9.09. The summed E-state index contributed by atoms with van der Waals surface area (Å²) >= 11 is 0. The molecule has 154 valence electrons. The number of hydrogen-bond acceptors (Lipinski definition) is 4. The van der Waals surface area contributed by atoms with Crippen molar-refractivity contribution in [3.8, 4) is 0 Å². The van der Waals surface area contributed by atoms with E-state index in [0.717, 1.165) is 12.8 Å². The van der Waals surface area contributed by atoms with Gasteiger partial charge in [-0.05, 0) is 55.2 Å². The zero-order chi connectivity index (χ0) is 20.9. The lowest BCUT2D eigenvalue weighted by Gasteiger charge is -2.32. The lowest BCUT2D eigenvalue weighted by molar-refractivity contribution is -0.119. The van der Waals surface area contributed by atoms with E-state index in [1.807, 2.05) is 0 Å². The minimum absolute atomic E-state index is 0.0414. The molecule has 1 aliphatic heterocycles. The number of hydrogen-bond donors (Lipinski definition) is 2. The molecule has 0 atom stereocenters. The van der Waals surface area contributed by atoms with Gasteiger partial charge in [0.05, 0.1) is 4.90 Å². The molecule has 3 rings (SSSR count). The molecule has 1 saturated heterocycles. The van der Waals surface area contributed by atoms with Crippen molar-refractivity contribution in [2.24, 2.45) is 5.92 Å². The van der Waals surface area contributed by atoms with Gasteiger partial charge in [-0.25, -0.2) is 8.42 Å². The van der Waals surface area contributed by atoms with Gasteiger partial charge in [0.1, 0.15) is 0 Å². The number of likely N-dealkylation sites (tertiary alicyclic amines) is 1. The van der Waals surface area contributed by atoms with Gasteiger partial charge in [0, 0.05) is 37.8 Å². The lowest BCUT2D eigenvalue weighted by atomic mass is 9.96. The Morgan fingerprint density at radius 2 is 1.62 bits per heavy atom. The fourth-order valence-electron chi connectivity index (χ4n) is 3.31. The molecule has 0 bridgehead atoms. The maximum absolute atomic E-state index is 12.7. The van der Waals surface area contributed by atoms with Crippen LogP contribution in [0.4, 0.5) is 5.69 Å². The highest BCUT2D eigenvalue weighted by molar-refractivity contribution is 7.92. The van der Waals surface area contributed by atoms with E-state index < -0.39 is 10.0 Å². The molecule has 1 fully saturated rings. The fourth-order valence-corrected chi connectivity index (χ4v) is 4.37. The van der Waals surface area contributed by atoms with Crippen LogP contribution in [-0.2, 0) is 14.8 Å². The van der Waals surface area contributed by atoms with E-state index in [0.29, 0.717) is 36.8 Å². The zero-order valence-corrected chi connectivity index (χ0v) is 17.1. The molecule has 0 aliphatic carbocycles. The monoisotopic (exact) mass is 415 g/mol. The number of para-hydroxylation sites is 1. The first-order valence-electron chi connectivity index (χ1n) is 9.57. The van der Waals surface area contributed by atoms with E-state index in [1.165, 1.54) is 19.1 Å². The van der Waals surface area contributed by atoms with Crippen molar-refractivity contribution < 1.29 is 18.0 Å².